The fourth-order valence-corrected chi connectivity index (χ4v) is 1.68. The second-order valence-electron chi connectivity index (χ2n) is 4.58. The van der Waals surface area contributed by atoms with Gasteiger partial charge in [-0.15, -0.1) is 12.4 Å². The molecule has 0 aliphatic rings. The SMILES string of the molecule is COC(=O)C(C)(C)[C@@H](N)c1ccc(F)c(OC)c1.Cl. The summed E-state index contributed by atoms with van der Waals surface area (Å²) in [6, 6.07) is 3.68. The maximum Gasteiger partial charge on any atom is 0.313 e. The molecule has 0 aliphatic heterocycles. The molecular formula is C13H19ClFNO3. The quantitative estimate of drug-likeness (QED) is 0.866. The second kappa shape index (κ2) is 6.73. The molecule has 0 unspecified atom stereocenters. The molecule has 0 amide bonds. The summed E-state index contributed by atoms with van der Waals surface area (Å²) < 4.78 is 22.9. The zero-order chi connectivity index (χ0) is 13.9. The Balaban J connectivity index is 0.00000324. The predicted octanol–water partition coefficient (Wildman–Crippen LogP) is 2.46. The highest BCUT2D eigenvalue weighted by molar-refractivity contribution is 5.85. The molecule has 1 aromatic carbocycles. The first-order valence-electron chi connectivity index (χ1n) is 5.52. The number of carbonyl (C=O) groups excluding carboxylic acids is 1. The highest BCUT2D eigenvalue weighted by Crippen LogP contribution is 2.34. The Kier molecular flexibility index (Phi) is 6.25. The van der Waals surface area contributed by atoms with E-state index in [1.165, 1.54) is 32.4 Å². The number of hydrogen-bond acceptors (Lipinski definition) is 4. The summed E-state index contributed by atoms with van der Waals surface area (Å²) in [5.74, 6) is -0.786. The smallest absolute Gasteiger partial charge is 0.313 e. The monoisotopic (exact) mass is 291 g/mol. The summed E-state index contributed by atoms with van der Waals surface area (Å²) in [5.41, 5.74) is 5.75. The first-order valence-corrected chi connectivity index (χ1v) is 5.52. The number of halogens is 2. The van der Waals surface area contributed by atoms with E-state index in [0.29, 0.717) is 5.56 Å². The number of nitrogens with two attached hydrogens (primary N) is 1. The molecule has 0 heterocycles. The Morgan fingerprint density at radius 1 is 1.37 bits per heavy atom. The molecule has 0 aromatic heterocycles. The van der Waals surface area contributed by atoms with Gasteiger partial charge in [-0.05, 0) is 31.5 Å². The van der Waals surface area contributed by atoms with E-state index >= 15 is 0 Å². The van der Waals surface area contributed by atoms with E-state index in [0.717, 1.165) is 0 Å². The van der Waals surface area contributed by atoms with Crippen molar-refractivity contribution in [3.05, 3.63) is 29.6 Å². The van der Waals surface area contributed by atoms with Crippen LogP contribution in [0.4, 0.5) is 4.39 Å². The van der Waals surface area contributed by atoms with Crippen LogP contribution in [-0.2, 0) is 9.53 Å². The number of methoxy groups -OCH3 is 2. The molecule has 2 N–H and O–H groups in total. The summed E-state index contributed by atoms with van der Waals surface area (Å²) in [5, 5.41) is 0. The van der Waals surface area contributed by atoms with E-state index in [4.69, 9.17) is 15.2 Å². The first kappa shape index (κ1) is 17.7. The van der Waals surface area contributed by atoms with Crippen molar-refractivity contribution in [1.82, 2.24) is 0 Å². The van der Waals surface area contributed by atoms with Crippen LogP contribution in [0.3, 0.4) is 0 Å². The normalized spacial score (nSPS) is 12.3. The number of benzene rings is 1. The van der Waals surface area contributed by atoms with Crippen LogP contribution < -0.4 is 10.5 Å². The Labute approximate surface area is 118 Å². The number of carbonyl (C=O) groups is 1. The lowest BCUT2D eigenvalue weighted by molar-refractivity contribution is -0.152. The molecule has 108 valence electrons. The van der Waals surface area contributed by atoms with Gasteiger partial charge in [-0.25, -0.2) is 4.39 Å². The molecule has 6 heteroatoms. The minimum atomic E-state index is -0.905. The predicted molar refractivity (Wildman–Crippen MR) is 72.9 cm³/mol. The Hall–Kier alpha value is -1.33. The van der Waals surface area contributed by atoms with E-state index in [-0.39, 0.29) is 18.2 Å². The zero-order valence-corrected chi connectivity index (χ0v) is 12.2. The largest absolute Gasteiger partial charge is 0.494 e. The molecule has 1 atom stereocenters. The third-order valence-electron chi connectivity index (χ3n) is 3.02. The Morgan fingerprint density at radius 2 is 1.95 bits per heavy atom. The van der Waals surface area contributed by atoms with Gasteiger partial charge in [-0.1, -0.05) is 6.07 Å². The average Bonchev–Trinajstić information content (AvgIpc) is 2.37. The topological polar surface area (TPSA) is 61.5 Å². The van der Waals surface area contributed by atoms with Crippen LogP contribution in [0, 0.1) is 11.2 Å². The number of rotatable bonds is 4. The third kappa shape index (κ3) is 3.58. The molecule has 0 aliphatic carbocycles. The molecule has 0 bridgehead atoms. The lowest BCUT2D eigenvalue weighted by Crippen LogP contribution is -2.37. The molecule has 1 rings (SSSR count). The van der Waals surface area contributed by atoms with E-state index < -0.39 is 23.2 Å². The van der Waals surface area contributed by atoms with Crippen LogP contribution in [0.1, 0.15) is 25.5 Å². The van der Waals surface area contributed by atoms with Crippen molar-refractivity contribution in [3.63, 3.8) is 0 Å². The van der Waals surface area contributed by atoms with Crippen molar-refractivity contribution >= 4 is 18.4 Å². The van der Waals surface area contributed by atoms with Crippen molar-refractivity contribution in [2.75, 3.05) is 14.2 Å². The minimum Gasteiger partial charge on any atom is -0.494 e. The molecule has 0 spiro atoms. The molecule has 0 saturated carbocycles. The van der Waals surface area contributed by atoms with Crippen LogP contribution in [0.25, 0.3) is 0 Å². The molecule has 0 saturated heterocycles. The number of hydrogen-bond donors (Lipinski definition) is 1. The molecule has 4 nitrogen and oxygen atoms in total. The lowest BCUT2D eigenvalue weighted by Gasteiger charge is -2.29. The fourth-order valence-electron chi connectivity index (χ4n) is 1.68. The van der Waals surface area contributed by atoms with E-state index in [1.807, 2.05) is 0 Å². The van der Waals surface area contributed by atoms with Crippen molar-refractivity contribution in [2.24, 2.45) is 11.1 Å². The van der Waals surface area contributed by atoms with Crippen LogP contribution in [0.15, 0.2) is 18.2 Å². The van der Waals surface area contributed by atoms with Gasteiger partial charge in [0.2, 0.25) is 0 Å². The zero-order valence-electron chi connectivity index (χ0n) is 11.4. The summed E-state index contributed by atoms with van der Waals surface area (Å²) >= 11 is 0. The summed E-state index contributed by atoms with van der Waals surface area (Å²) in [6.07, 6.45) is 0. The summed E-state index contributed by atoms with van der Waals surface area (Å²) in [4.78, 5) is 11.7. The van der Waals surface area contributed by atoms with Gasteiger partial charge in [-0.3, -0.25) is 4.79 Å². The van der Waals surface area contributed by atoms with Gasteiger partial charge < -0.3 is 15.2 Å². The highest BCUT2D eigenvalue weighted by atomic mass is 35.5. The van der Waals surface area contributed by atoms with Gasteiger partial charge in [0.15, 0.2) is 11.6 Å². The summed E-state index contributed by atoms with van der Waals surface area (Å²) in [6.45, 7) is 3.36. The maximum atomic E-state index is 13.3. The van der Waals surface area contributed by atoms with E-state index in [2.05, 4.69) is 0 Å². The Bertz CT molecular complexity index is 452. The van der Waals surface area contributed by atoms with Gasteiger partial charge in [0.1, 0.15) is 0 Å². The average molecular weight is 292 g/mol. The molecular weight excluding hydrogens is 273 g/mol. The first-order chi connectivity index (χ1) is 8.34. The summed E-state index contributed by atoms with van der Waals surface area (Å²) in [7, 11) is 2.68. The van der Waals surface area contributed by atoms with Gasteiger partial charge in [-0.2, -0.15) is 0 Å². The van der Waals surface area contributed by atoms with E-state index in [9.17, 15) is 9.18 Å². The maximum absolute atomic E-state index is 13.3. The number of ether oxygens (including phenoxy) is 2. The molecule has 19 heavy (non-hydrogen) atoms. The van der Waals surface area contributed by atoms with Crippen molar-refractivity contribution in [3.8, 4) is 5.75 Å². The van der Waals surface area contributed by atoms with Gasteiger partial charge in [0.25, 0.3) is 0 Å². The fraction of sp³-hybridized carbons (Fsp3) is 0.462. The van der Waals surface area contributed by atoms with Crippen molar-refractivity contribution < 1.29 is 18.7 Å². The van der Waals surface area contributed by atoms with Crippen LogP contribution in [-0.4, -0.2) is 20.2 Å². The van der Waals surface area contributed by atoms with Crippen LogP contribution in [0.5, 0.6) is 5.75 Å². The lowest BCUT2D eigenvalue weighted by atomic mass is 9.81. The van der Waals surface area contributed by atoms with Gasteiger partial charge >= 0.3 is 5.97 Å². The number of esters is 1. The van der Waals surface area contributed by atoms with Crippen molar-refractivity contribution in [2.45, 2.75) is 19.9 Å². The van der Waals surface area contributed by atoms with Gasteiger partial charge in [0, 0.05) is 6.04 Å². The molecule has 0 fully saturated rings. The van der Waals surface area contributed by atoms with Crippen LogP contribution in [0.2, 0.25) is 0 Å². The molecule has 0 radical (unpaired) electrons. The van der Waals surface area contributed by atoms with Gasteiger partial charge in [0.05, 0.1) is 19.6 Å². The minimum absolute atomic E-state index is 0. The third-order valence-corrected chi connectivity index (χ3v) is 3.02. The Morgan fingerprint density at radius 3 is 2.42 bits per heavy atom. The molecule has 1 aromatic rings. The van der Waals surface area contributed by atoms with Crippen molar-refractivity contribution in [1.29, 1.82) is 0 Å². The van der Waals surface area contributed by atoms with Crippen LogP contribution >= 0.6 is 12.4 Å². The second-order valence-corrected chi connectivity index (χ2v) is 4.58. The van der Waals surface area contributed by atoms with E-state index in [1.54, 1.807) is 13.8 Å². The highest BCUT2D eigenvalue weighted by Gasteiger charge is 2.36. The standard InChI is InChI=1S/C13H18FNO3.ClH/c1-13(2,12(16)18-4)11(15)8-5-6-9(14)10(7-8)17-3;/h5-7,11H,15H2,1-4H3;1H/t11-;/m0./s1.